The highest BCUT2D eigenvalue weighted by molar-refractivity contribution is 5.24. The first kappa shape index (κ1) is 19.5. The highest BCUT2D eigenvalue weighted by atomic mass is 14.4. The minimum absolute atomic E-state index is 0.840. The van der Waals surface area contributed by atoms with E-state index < -0.39 is 0 Å². The summed E-state index contributed by atoms with van der Waals surface area (Å²) in [5, 5.41) is 0. The summed E-state index contributed by atoms with van der Waals surface area (Å²) in [5.74, 6) is 6.18. The van der Waals surface area contributed by atoms with Gasteiger partial charge in [0.15, 0.2) is 0 Å². The molecule has 0 aliphatic heterocycles. The molecule has 3 fully saturated rings. The van der Waals surface area contributed by atoms with Gasteiger partial charge in [-0.2, -0.15) is 0 Å². The largest absolute Gasteiger partial charge is 0.0651 e. The Hall–Kier alpha value is -0.780. The van der Waals surface area contributed by atoms with Gasteiger partial charge in [-0.3, -0.25) is 0 Å². The zero-order chi connectivity index (χ0) is 18.6. The van der Waals surface area contributed by atoms with Crippen molar-refractivity contribution in [2.75, 3.05) is 0 Å². The van der Waals surface area contributed by atoms with E-state index in [1.165, 1.54) is 50.5 Å². The quantitative estimate of drug-likeness (QED) is 0.502. The number of aryl methyl sites for hydroxylation is 1. The van der Waals surface area contributed by atoms with Crippen molar-refractivity contribution in [3.8, 4) is 0 Å². The van der Waals surface area contributed by atoms with Gasteiger partial charge in [-0.1, -0.05) is 56.0 Å². The van der Waals surface area contributed by atoms with Crippen LogP contribution < -0.4 is 0 Å². The molecule has 0 spiro atoms. The zero-order valence-electron chi connectivity index (χ0n) is 18.0. The molecule has 0 radical (unpaired) electrons. The van der Waals surface area contributed by atoms with Crippen LogP contribution in [-0.4, -0.2) is 0 Å². The molecule has 3 aliphatic carbocycles. The van der Waals surface area contributed by atoms with E-state index in [0.717, 1.165) is 35.5 Å². The molecule has 0 unspecified atom stereocenters. The fourth-order valence-corrected chi connectivity index (χ4v) is 6.92. The van der Waals surface area contributed by atoms with Crippen molar-refractivity contribution in [3.63, 3.8) is 0 Å². The van der Waals surface area contributed by atoms with E-state index in [9.17, 15) is 0 Å². The molecular weight excluding hydrogens is 324 g/mol. The van der Waals surface area contributed by atoms with E-state index in [1.54, 1.807) is 44.1 Å². The third kappa shape index (κ3) is 4.80. The summed E-state index contributed by atoms with van der Waals surface area (Å²) in [6, 6.07) is 9.38. The van der Waals surface area contributed by atoms with Gasteiger partial charge in [-0.15, -0.1) is 0 Å². The summed E-state index contributed by atoms with van der Waals surface area (Å²) in [4.78, 5) is 0. The van der Waals surface area contributed by atoms with Crippen molar-refractivity contribution in [1.29, 1.82) is 0 Å². The molecule has 3 aliphatic rings. The summed E-state index contributed by atoms with van der Waals surface area (Å²) >= 11 is 0. The Morgan fingerprint density at radius 3 is 1.44 bits per heavy atom. The summed E-state index contributed by atoms with van der Waals surface area (Å²) in [7, 11) is 0. The maximum Gasteiger partial charge on any atom is -0.0162 e. The predicted molar refractivity (Wildman–Crippen MR) is 117 cm³/mol. The van der Waals surface area contributed by atoms with Crippen molar-refractivity contribution >= 4 is 0 Å². The summed E-state index contributed by atoms with van der Waals surface area (Å²) in [5.41, 5.74) is 3.00. The first-order valence-corrected chi connectivity index (χ1v) is 12.3. The van der Waals surface area contributed by atoms with E-state index in [0.29, 0.717) is 0 Å². The number of hydrogen-bond acceptors (Lipinski definition) is 0. The summed E-state index contributed by atoms with van der Waals surface area (Å²) < 4.78 is 0. The third-order valence-electron chi connectivity index (χ3n) is 8.94. The molecule has 0 bridgehead atoms. The van der Waals surface area contributed by atoms with E-state index in [2.05, 4.69) is 38.1 Å². The topological polar surface area (TPSA) is 0 Å². The molecule has 0 heterocycles. The molecule has 0 heteroatoms. The van der Waals surface area contributed by atoms with Crippen LogP contribution in [0, 0.1) is 36.5 Å². The van der Waals surface area contributed by atoms with E-state index >= 15 is 0 Å². The highest BCUT2D eigenvalue weighted by Gasteiger charge is 2.34. The molecule has 4 rings (SSSR count). The van der Waals surface area contributed by atoms with Crippen LogP contribution in [0.3, 0.4) is 0 Å². The van der Waals surface area contributed by atoms with Gasteiger partial charge in [-0.25, -0.2) is 0 Å². The zero-order valence-corrected chi connectivity index (χ0v) is 18.0. The van der Waals surface area contributed by atoms with Crippen LogP contribution in [0.5, 0.6) is 0 Å². The molecular formula is C27H42. The van der Waals surface area contributed by atoms with Gasteiger partial charge in [0.25, 0.3) is 0 Å². The fraction of sp³-hybridized carbons (Fsp3) is 0.778. The maximum atomic E-state index is 2.39. The van der Waals surface area contributed by atoms with Gasteiger partial charge in [0, 0.05) is 0 Å². The first-order chi connectivity index (χ1) is 13.2. The standard InChI is InChI=1S/C27H42/c1-3-21-6-10-23(11-7-21)25-14-18-27(19-15-25)26-16-12-24(13-17-26)22-8-4-20(2)5-9-22/h4-5,8-9,21,23-27H,3,6-7,10-19H2,1-2H3/t21-,23-,24?,25?,26?,27?. The second-order valence-corrected chi connectivity index (χ2v) is 10.4. The van der Waals surface area contributed by atoms with Crippen molar-refractivity contribution in [2.45, 2.75) is 103 Å². The molecule has 0 atom stereocenters. The van der Waals surface area contributed by atoms with Gasteiger partial charge in [0.05, 0.1) is 0 Å². The average Bonchev–Trinajstić information content (AvgIpc) is 2.75. The van der Waals surface area contributed by atoms with Crippen LogP contribution in [0.25, 0.3) is 0 Å². The van der Waals surface area contributed by atoms with E-state index in [-0.39, 0.29) is 0 Å². The monoisotopic (exact) mass is 366 g/mol. The minimum Gasteiger partial charge on any atom is -0.0651 e. The second-order valence-electron chi connectivity index (χ2n) is 10.4. The van der Waals surface area contributed by atoms with Crippen LogP contribution in [0.4, 0.5) is 0 Å². The van der Waals surface area contributed by atoms with Crippen molar-refractivity contribution < 1.29 is 0 Å². The highest BCUT2D eigenvalue weighted by Crippen LogP contribution is 2.47. The van der Waals surface area contributed by atoms with Gasteiger partial charge < -0.3 is 0 Å². The van der Waals surface area contributed by atoms with Gasteiger partial charge >= 0.3 is 0 Å². The van der Waals surface area contributed by atoms with Crippen LogP contribution in [-0.2, 0) is 0 Å². The molecule has 0 saturated heterocycles. The lowest BCUT2D eigenvalue weighted by molar-refractivity contribution is 0.109. The summed E-state index contributed by atoms with van der Waals surface area (Å²) in [6.45, 7) is 4.59. The normalized spacial score (nSPS) is 37.9. The average molecular weight is 367 g/mol. The van der Waals surface area contributed by atoms with Gasteiger partial charge in [0.1, 0.15) is 0 Å². The maximum absolute atomic E-state index is 2.39. The smallest absolute Gasteiger partial charge is 0.0162 e. The molecule has 0 aromatic heterocycles. The molecule has 1 aromatic rings. The van der Waals surface area contributed by atoms with Crippen LogP contribution in [0.2, 0.25) is 0 Å². The first-order valence-electron chi connectivity index (χ1n) is 12.3. The Labute approximate surface area is 168 Å². The lowest BCUT2D eigenvalue weighted by Crippen LogP contribution is -2.29. The molecule has 0 amide bonds. The SMILES string of the molecule is CC[C@H]1CC[C@H](C2CCC(C3CCC(c4ccc(C)cc4)CC3)CC2)CC1. The minimum atomic E-state index is 0.840. The van der Waals surface area contributed by atoms with Crippen LogP contribution >= 0.6 is 0 Å². The van der Waals surface area contributed by atoms with Gasteiger partial charge in [0.2, 0.25) is 0 Å². The Morgan fingerprint density at radius 1 is 0.593 bits per heavy atom. The van der Waals surface area contributed by atoms with Gasteiger partial charge in [-0.05, 0) is 112 Å². The summed E-state index contributed by atoms with van der Waals surface area (Å²) in [6.07, 6.45) is 19.7. The Bertz CT molecular complexity index is 546. The molecule has 0 N–H and O–H groups in total. The third-order valence-corrected chi connectivity index (χ3v) is 8.94. The second kappa shape index (κ2) is 9.15. The molecule has 3 saturated carbocycles. The Kier molecular flexibility index (Phi) is 6.62. The lowest BCUT2D eigenvalue weighted by Gasteiger charge is -2.41. The van der Waals surface area contributed by atoms with Crippen molar-refractivity contribution in [3.05, 3.63) is 35.4 Å². The Balaban J connectivity index is 1.21. The molecule has 150 valence electrons. The number of benzene rings is 1. The predicted octanol–water partition coefficient (Wildman–Crippen LogP) is 8.29. The van der Waals surface area contributed by atoms with Crippen molar-refractivity contribution in [1.82, 2.24) is 0 Å². The van der Waals surface area contributed by atoms with Crippen molar-refractivity contribution in [2.24, 2.45) is 29.6 Å². The molecule has 0 nitrogen and oxygen atoms in total. The molecule has 27 heavy (non-hydrogen) atoms. The van der Waals surface area contributed by atoms with E-state index in [4.69, 9.17) is 0 Å². The lowest BCUT2D eigenvalue weighted by atomic mass is 9.64. The molecule has 1 aromatic carbocycles. The Morgan fingerprint density at radius 2 is 1.00 bits per heavy atom. The number of hydrogen-bond donors (Lipinski definition) is 0. The van der Waals surface area contributed by atoms with Crippen LogP contribution in [0.1, 0.15) is 107 Å². The fourth-order valence-electron chi connectivity index (χ4n) is 6.92. The van der Waals surface area contributed by atoms with Crippen LogP contribution in [0.15, 0.2) is 24.3 Å². The number of rotatable bonds is 4. The van der Waals surface area contributed by atoms with E-state index in [1.807, 2.05) is 0 Å².